The number of H-pyrrole nitrogens is 1. The summed E-state index contributed by atoms with van der Waals surface area (Å²) >= 11 is 0. The quantitative estimate of drug-likeness (QED) is 0.650. The van der Waals surface area contributed by atoms with Gasteiger partial charge in [-0.3, -0.25) is 0 Å². The Morgan fingerprint density at radius 1 is 1.55 bits per heavy atom. The van der Waals surface area contributed by atoms with Crippen molar-refractivity contribution in [3.8, 4) is 0 Å². The van der Waals surface area contributed by atoms with Crippen molar-refractivity contribution in [2.45, 2.75) is 12.8 Å². The van der Waals surface area contributed by atoms with Gasteiger partial charge in [-0.2, -0.15) is 0 Å². The van der Waals surface area contributed by atoms with Crippen LogP contribution in [0.2, 0.25) is 0 Å². The molecule has 2 N–H and O–H groups in total. The summed E-state index contributed by atoms with van der Waals surface area (Å²) in [4.78, 5) is 3.24. The fraction of sp³-hybridized carbons (Fsp3) is 0.556. The molecule has 0 amide bonds. The highest BCUT2D eigenvalue weighted by molar-refractivity contribution is 5.05. The summed E-state index contributed by atoms with van der Waals surface area (Å²) in [5, 5.41) is 3.37. The van der Waals surface area contributed by atoms with Gasteiger partial charge >= 0.3 is 0 Å². The molecule has 0 spiro atoms. The van der Waals surface area contributed by atoms with Gasteiger partial charge in [0.15, 0.2) is 0 Å². The average molecular weight is 150 g/mol. The Bertz CT molecular complexity index is 197. The van der Waals surface area contributed by atoms with Gasteiger partial charge in [0.2, 0.25) is 0 Å². The van der Waals surface area contributed by atoms with Crippen molar-refractivity contribution in [1.29, 1.82) is 0 Å². The summed E-state index contributed by atoms with van der Waals surface area (Å²) in [5.41, 5.74) is 1.37. The van der Waals surface area contributed by atoms with E-state index in [0.717, 1.165) is 5.92 Å². The Labute approximate surface area is 67.0 Å². The van der Waals surface area contributed by atoms with Crippen LogP contribution in [0.3, 0.4) is 0 Å². The van der Waals surface area contributed by atoms with Crippen LogP contribution in [0.4, 0.5) is 0 Å². The Balaban J connectivity index is 1.90. The normalized spacial score (nSPS) is 24.2. The van der Waals surface area contributed by atoms with Crippen LogP contribution in [-0.2, 0) is 6.42 Å². The van der Waals surface area contributed by atoms with E-state index < -0.39 is 0 Å². The summed E-state index contributed by atoms with van der Waals surface area (Å²) in [6, 6.07) is 4.23. The van der Waals surface area contributed by atoms with Gasteiger partial charge in [0.1, 0.15) is 0 Å². The Morgan fingerprint density at radius 2 is 2.55 bits per heavy atom. The Morgan fingerprint density at radius 3 is 3.18 bits per heavy atom. The highest BCUT2D eigenvalue weighted by Crippen LogP contribution is 2.13. The molecule has 1 atom stereocenters. The molecule has 1 aliphatic rings. The van der Waals surface area contributed by atoms with Crippen molar-refractivity contribution in [1.82, 2.24) is 10.3 Å². The predicted octanol–water partition coefficient (Wildman–Crippen LogP) is 1.17. The van der Waals surface area contributed by atoms with E-state index in [9.17, 15) is 0 Å². The highest BCUT2D eigenvalue weighted by atomic mass is 14.9. The first-order chi connectivity index (χ1) is 5.45. The molecule has 1 saturated heterocycles. The van der Waals surface area contributed by atoms with E-state index in [-0.39, 0.29) is 0 Å². The van der Waals surface area contributed by atoms with E-state index in [4.69, 9.17) is 0 Å². The largest absolute Gasteiger partial charge is 0.365 e. The molecule has 1 unspecified atom stereocenters. The number of hydrogen-bond donors (Lipinski definition) is 2. The molecule has 2 rings (SSSR count). The standard InChI is InChI=1S/C9H14N2/c1-2-9(11-4-1)6-8-3-5-10-7-8/h1-2,4,8,10-11H,3,5-7H2. The summed E-state index contributed by atoms with van der Waals surface area (Å²) in [6.45, 7) is 2.39. The monoisotopic (exact) mass is 150 g/mol. The molecule has 0 saturated carbocycles. The summed E-state index contributed by atoms with van der Waals surface area (Å²) < 4.78 is 0. The second-order valence-electron chi connectivity index (χ2n) is 3.26. The summed E-state index contributed by atoms with van der Waals surface area (Å²) in [5.74, 6) is 0.855. The molecule has 0 bridgehead atoms. The minimum absolute atomic E-state index is 0.855. The molecule has 0 aliphatic carbocycles. The number of aromatic nitrogens is 1. The SMILES string of the molecule is c1c[nH]c(CC2CCNC2)c1. The van der Waals surface area contributed by atoms with E-state index >= 15 is 0 Å². The van der Waals surface area contributed by atoms with Crippen molar-refractivity contribution < 1.29 is 0 Å². The van der Waals surface area contributed by atoms with Crippen LogP contribution in [0, 0.1) is 5.92 Å². The van der Waals surface area contributed by atoms with Crippen LogP contribution >= 0.6 is 0 Å². The maximum atomic E-state index is 3.37. The number of hydrogen-bond acceptors (Lipinski definition) is 1. The summed E-state index contributed by atoms with van der Waals surface area (Å²) in [7, 11) is 0. The van der Waals surface area contributed by atoms with Gasteiger partial charge in [-0.25, -0.2) is 0 Å². The van der Waals surface area contributed by atoms with Gasteiger partial charge in [-0.15, -0.1) is 0 Å². The van der Waals surface area contributed by atoms with Crippen molar-refractivity contribution in [2.24, 2.45) is 5.92 Å². The van der Waals surface area contributed by atoms with Gasteiger partial charge in [0.25, 0.3) is 0 Å². The Hall–Kier alpha value is -0.760. The molecule has 1 aromatic heterocycles. The Kier molecular flexibility index (Phi) is 1.95. The first kappa shape index (κ1) is 6.92. The lowest BCUT2D eigenvalue weighted by molar-refractivity contribution is 0.573. The van der Waals surface area contributed by atoms with Crippen molar-refractivity contribution in [3.05, 3.63) is 24.0 Å². The van der Waals surface area contributed by atoms with Crippen LogP contribution in [0.25, 0.3) is 0 Å². The summed E-state index contributed by atoms with van der Waals surface area (Å²) in [6.07, 6.45) is 4.54. The molecule has 0 radical (unpaired) electrons. The van der Waals surface area contributed by atoms with Crippen molar-refractivity contribution >= 4 is 0 Å². The molecule has 11 heavy (non-hydrogen) atoms. The first-order valence-corrected chi connectivity index (χ1v) is 4.28. The second-order valence-corrected chi connectivity index (χ2v) is 3.26. The van der Waals surface area contributed by atoms with Gasteiger partial charge in [-0.1, -0.05) is 0 Å². The maximum absolute atomic E-state index is 3.37. The van der Waals surface area contributed by atoms with Crippen LogP contribution in [-0.4, -0.2) is 18.1 Å². The van der Waals surface area contributed by atoms with Crippen LogP contribution in [0.15, 0.2) is 18.3 Å². The van der Waals surface area contributed by atoms with Crippen molar-refractivity contribution in [2.75, 3.05) is 13.1 Å². The number of aromatic amines is 1. The first-order valence-electron chi connectivity index (χ1n) is 4.28. The van der Waals surface area contributed by atoms with E-state index in [2.05, 4.69) is 22.4 Å². The molecule has 1 aliphatic heterocycles. The molecule has 0 aromatic carbocycles. The second kappa shape index (κ2) is 3.09. The lowest BCUT2D eigenvalue weighted by Crippen LogP contribution is -2.10. The zero-order valence-corrected chi connectivity index (χ0v) is 6.64. The van der Waals surface area contributed by atoms with Crippen molar-refractivity contribution in [3.63, 3.8) is 0 Å². The maximum Gasteiger partial charge on any atom is 0.0150 e. The molecule has 60 valence electrons. The molecule has 1 fully saturated rings. The van der Waals surface area contributed by atoms with Gasteiger partial charge < -0.3 is 10.3 Å². The third-order valence-electron chi connectivity index (χ3n) is 2.33. The highest BCUT2D eigenvalue weighted by Gasteiger charge is 2.14. The lowest BCUT2D eigenvalue weighted by atomic mass is 10.0. The molecule has 2 heterocycles. The molecule has 1 aromatic rings. The van der Waals surface area contributed by atoms with E-state index in [1.807, 2.05) is 6.20 Å². The number of rotatable bonds is 2. The number of nitrogens with one attached hydrogen (secondary N) is 2. The molecule has 2 heteroatoms. The predicted molar refractivity (Wildman–Crippen MR) is 45.5 cm³/mol. The van der Waals surface area contributed by atoms with Gasteiger partial charge in [0.05, 0.1) is 0 Å². The fourth-order valence-corrected chi connectivity index (χ4v) is 1.69. The molecular weight excluding hydrogens is 136 g/mol. The zero-order valence-electron chi connectivity index (χ0n) is 6.64. The minimum atomic E-state index is 0.855. The van der Waals surface area contributed by atoms with Gasteiger partial charge in [0, 0.05) is 11.9 Å². The van der Waals surface area contributed by atoms with Gasteiger partial charge in [-0.05, 0) is 44.0 Å². The third kappa shape index (κ3) is 1.63. The van der Waals surface area contributed by atoms with E-state index in [1.165, 1.54) is 31.6 Å². The van der Waals surface area contributed by atoms with Crippen LogP contribution in [0.5, 0.6) is 0 Å². The van der Waals surface area contributed by atoms with Crippen LogP contribution in [0.1, 0.15) is 12.1 Å². The third-order valence-corrected chi connectivity index (χ3v) is 2.33. The van der Waals surface area contributed by atoms with E-state index in [0.29, 0.717) is 0 Å². The minimum Gasteiger partial charge on any atom is -0.365 e. The fourth-order valence-electron chi connectivity index (χ4n) is 1.69. The molecular formula is C9H14N2. The topological polar surface area (TPSA) is 27.8 Å². The molecule has 2 nitrogen and oxygen atoms in total. The zero-order chi connectivity index (χ0) is 7.52. The van der Waals surface area contributed by atoms with Crippen LogP contribution < -0.4 is 5.32 Å². The smallest absolute Gasteiger partial charge is 0.0150 e. The average Bonchev–Trinajstić information content (AvgIpc) is 2.60. The van der Waals surface area contributed by atoms with E-state index in [1.54, 1.807) is 0 Å². The lowest BCUT2D eigenvalue weighted by Gasteiger charge is -2.04.